The minimum absolute atomic E-state index is 0.0133. The van der Waals surface area contributed by atoms with E-state index in [0.717, 1.165) is 18.4 Å². The first-order chi connectivity index (χ1) is 6.65. The molecule has 76 valence electrons. The highest BCUT2D eigenvalue weighted by Gasteiger charge is 2.14. The number of hydrogen-bond acceptors (Lipinski definition) is 2. The van der Waals surface area contributed by atoms with E-state index in [-0.39, 0.29) is 17.5 Å². The molecule has 0 aliphatic heterocycles. The highest BCUT2D eigenvalue weighted by atomic mass is 16.3. The first-order valence-electron chi connectivity index (χ1n) is 4.94. The molecule has 1 aromatic rings. The van der Waals surface area contributed by atoms with Gasteiger partial charge in [0.15, 0.2) is 0 Å². The lowest BCUT2D eigenvalue weighted by Crippen LogP contribution is -2.08. The minimum Gasteiger partial charge on any atom is -0.508 e. The predicted molar refractivity (Wildman–Crippen MR) is 56.4 cm³/mol. The minimum atomic E-state index is -0.0133. The number of Topliss-reactive ketones (excluding diaryl/α,β-unsaturated/α-hetero) is 1. The van der Waals surface area contributed by atoms with Gasteiger partial charge in [0.25, 0.3) is 0 Å². The molecule has 0 aromatic heterocycles. The van der Waals surface area contributed by atoms with E-state index >= 15 is 0 Å². The van der Waals surface area contributed by atoms with Crippen LogP contribution in [0.2, 0.25) is 0 Å². The van der Waals surface area contributed by atoms with Crippen molar-refractivity contribution in [2.24, 2.45) is 0 Å². The van der Waals surface area contributed by atoms with Gasteiger partial charge in [-0.15, -0.1) is 0 Å². The number of carbonyl (C=O) groups is 1. The Kier molecular flexibility index (Phi) is 3.69. The molecule has 0 saturated carbocycles. The maximum atomic E-state index is 11.4. The Balaban J connectivity index is 2.87. The van der Waals surface area contributed by atoms with E-state index in [1.54, 1.807) is 19.1 Å². The second-order valence-electron chi connectivity index (χ2n) is 3.54. The van der Waals surface area contributed by atoms with Gasteiger partial charge in [-0.3, -0.25) is 4.79 Å². The molecule has 0 saturated heterocycles. The van der Waals surface area contributed by atoms with Crippen molar-refractivity contribution in [1.82, 2.24) is 0 Å². The molecule has 0 spiro atoms. The number of aromatic hydroxyl groups is 1. The van der Waals surface area contributed by atoms with Gasteiger partial charge in [0.05, 0.1) is 0 Å². The molecule has 0 radical (unpaired) electrons. The first kappa shape index (κ1) is 10.8. The molecule has 0 amide bonds. The summed E-state index contributed by atoms with van der Waals surface area (Å²) < 4.78 is 0. The SMILES string of the molecule is CCCC(C(C)=O)c1ccc(O)cc1. The zero-order chi connectivity index (χ0) is 10.6. The smallest absolute Gasteiger partial charge is 0.137 e. The number of phenolic OH excluding ortho intramolecular Hbond substituents is 1. The molecule has 2 nitrogen and oxygen atoms in total. The summed E-state index contributed by atoms with van der Waals surface area (Å²) in [7, 11) is 0. The van der Waals surface area contributed by atoms with E-state index in [1.807, 2.05) is 12.1 Å². The van der Waals surface area contributed by atoms with Gasteiger partial charge in [0.2, 0.25) is 0 Å². The van der Waals surface area contributed by atoms with Gasteiger partial charge in [0.1, 0.15) is 11.5 Å². The van der Waals surface area contributed by atoms with Crippen LogP contribution in [0.1, 0.15) is 38.2 Å². The second-order valence-corrected chi connectivity index (χ2v) is 3.54. The summed E-state index contributed by atoms with van der Waals surface area (Å²) in [5, 5.41) is 9.12. The number of hydrogen-bond donors (Lipinski definition) is 1. The van der Waals surface area contributed by atoms with Crippen molar-refractivity contribution in [1.29, 1.82) is 0 Å². The van der Waals surface area contributed by atoms with Gasteiger partial charge < -0.3 is 5.11 Å². The van der Waals surface area contributed by atoms with E-state index in [4.69, 9.17) is 5.11 Å². The first-order valence-corrected chi connectivity index (χ1v) is 4.94. The van der Waals surface area contributed by atoms with E-state index < -0.39 is 0 Å². The van der Waals surface area contributed by atoms with E-state index in [0.29, 0.717) is 0 Å². The summed E-state index contributed by atoms with van der Waals surface area (Å²) in [5.41, 5.74) is 0.997. The number of ketones is 1. The average Bonchev–Trinajstić information content (AvgIpc) is 2.15. The average molecular weight is 192 g/mol. The third-order valence-electron chi connectivity index (χ3n) is 2.36. The molecule has 1 atom stereocenters. The van der Waals surface area contributed by atoms with Crippen molar-refractivity contribution in [3.05, 3.63) is 29.8 Å². The highest BCUT2D eigenvalue weighted by Crippen LogP contribution is 2.23. The summed E-state index contributed by atoms with van der Waals surface area (Å²) in [6.07, 6.45) is 1.87. The van der Waals surface area contributed by atoms with Gasteiger partial charge in [-0.2, -0.15) is 0 Å². The molecule has 0 bridgehead atoms. The molecule has 1 aromatic carbocycles. The summed E-state index contributed by atoms with van der Waals surface area (Å²) in [6.45, 7) is 3.68. The van der Waals surface area contributed by atoms with Gasteiger partial charge in [-0.05, 0) is 31.0 Å². The van der Waals surface area contributed by atoms with E-state index in [1.165, 1.54) is 0 Å². The van der Waals surface area contributed by atoms with Crippen molar-refractivity contribution < 1.29 is 9.90 Å². The van der Waals surface area contributed by atoms with Crippen molar-refractivity contribution in [2.75, 3.05) is 0 Å². The summed E-state index contributed by atoms with van der Waals surface area (Å²) >= 11 is 0. The van der Waals surface area contributed by atoms with Gasteiger partial charge in [-0.1, -0.05) is 25.5 Å². The lowest BCUT2D eigenvalue weighted by molar-refractivity contribution is -0.118. The van der Waals surface area contributed by atoms with Crippen LogP contribution in [-0.4, -0.2) is 10.9 Å². The number of carbonyl (C=O) groups excluding carboxylic acids is 1. The van der Waals surface area contributed by atoms with Crippen LogP contribution in [0.25, 0.3) is 0 Å². The molecule has 0 fully saturated rings. The van der Waals surface area contributed by atoms with Crippen molar-refractivity contribution in [3.8, 4) is 5.75 Å². The van der Waals surface area contributed by atoms with Crippen LogP contribution >= 0.6 is 0 Å². The Morgan fingerprint density at radius 1 is 1.36 bits per heavy atom. The van der Waals surface area contributed by atoms with Gasteiger partial charge in [-0.25, -0.2) is 0 Å². The molecule has 14 heavy (non-hydrogen) atoms. The quantitative estimate of drug-likeness (QED) is 0.796. The Morgan fingerprint density at radius 2 is 1.93 bits per heavy atom. The molecule has 0 aliphatic carbocycles. The maximum absolute atomic E-state index is 11.4. The van der Waals surface area contributed by atoms with Crippen LogP contribution in [0, 0.1) is 0 Å². The molecular weight excluding hydrogens is 176 g/mol. The third-order valence-corrected chi connectivity index (χ3v) is 2.36. The Hall–Kier alpha value is -1.31. The topological polar surface area (TPSA) is 37.3 Å². The van der Waals surface area contributed by atoms with Crippen LogP contribution in [0.15, 0.2) is 24.3 Å². The Morgan fingerprint density at radius 3 is 2.36 bits per heavy atom. The molecule has 0 heterocycles. The van der Waals surface area contributed by atoms with E-state index in [9.17, 15) is 4.79 Å². The zero-order valence-electron chi connectivity index (χ0n) is 8.66. The lowest BCUT2D eigenvalue weighted by Gasteiger charge is -2.12. The predicted octanol–water partition coefficient (Wildman–Crippen LogP) is 2.86. The lowest BCUT2D eigenvalue weighted by atomic mass is 9.91. The number of rotatable bonds is 4. The zero-order valence-corrected chi connectivity index (χ0v) is 8.66. The molecule has 1 rings (SSSR count). The number of benzene rings is 1. The van der Waals surface area contributed by atoms with Crippen molar-refractivity contribution in [3.63, 3.8) is 0 Å². The van der Waals surface area contributed by atoms with Gasteiger partial charge >= 0.3 is 0 Å². The van der Waals surface area contributed by atoms with Crippen molar-refractivity contribution >= 4 is 5.78 Å². The molecule has 2 heteroatoms. The van der Waals surface area contributed by atoms with Crippen LogP contribution < -0.4 is 0 Å². The normalized spacial score (nSPS) is 12.4. The fourth-order valence-corrected chi connectivity index (χ4v) is 1.60. The highest BCUT2D eigenvalue weighted by molar-refractivity contribution is 5.83. The Bertz CT molecular complexity index is 301. The summed E-state index contributed by atoms with van der Waals surface area (Å²) in [4.78, 5) is 11.4. The van der Waals surface area contributed by atoms with E-state index in [2.05, 4.69) is 6.92 Å². The van der Waals surface area contributed by atoms with Crippen LogP contribution in [0.5, 0.6) is 5.75 Å². The largest absolute Gasteiger partial charge is 0.508 e. The molecule has 1 unspecified atom stereocenters. The Labute approximate surface area is 84.6 Å². The molecular formula is C12H16O2. The third kappa shape index (κ3) is 2.59. The fraction of sp³-hybridized carbons (Fsp3) is 0.417. The van der Waals surface area contributed by atoms with Crippen LogP contribution in [0.3, 0.4) is 0 Å². The summed E-state index contributed by atoms with van der Waals surface area (Å²) in [5.74, 6) is 0.422. The molecule has 1 N–H and O–H groups in total. The van der Waals surface area contributed by atoms with Crippen LogP contribution in [0.4, 0.5) is 0 Å². The standard InChI is InChI=1S/C12H16O2/c1-3-4-12(9(2)13)10-5-7-11(14)8-6-10/h5-8,12,14H,3-4H2,1-2H3. The summed E-state index contributed by atoms with van der Waals surface area (Å²) in [6, 6.07) is 6.88. The van der Waals surface area contributed by atoms with Crippen LogP contribution in [-0.2, 0) is 4.79 Å². The van der Waals surface area contributed by atoms with Gasteiger partial charge in [0, 0.05) is 5.92 Å². The fourth-order valence-electron chi connectivity index (χ4n) is 1.60. The second kappa shape index (κ2) is 4.80. The maximum Gasteiger partial charge on any atom is 0.137 e. The molecule has 0 aliphatic rings. The van der Waals surface area contributed by atoms with Crippen molar-refractivity contribution in [2.45, 2.75) is 32.6 Å². The number of phenols is 1. The monoisotopic (exact) mass is 192 g/mol.